The van der Waals surface area contributed by atoms with Gasteiger partial charge in [-0.25, -0.2) is 4.79 Å². The highest BCUT2D eigenvalue weighted by Gasteiger charge is 2.60. The predicted molar refractivity (Wildman–Crippen MR) is 135 cm³/mol. The summed E-state index contributed by atoms with van der Waals surface area (Å²) in [6.07, 6.45) is 19.6. The second-order valence-corrected chi connectivity index (χ2v) is 14.5. The number of aliphatic carboxylic acids is 1. The summed E-state index contributed by atoms with van der Waals surface area (Å²) >= 11 is 0. The van der Waals surface area contributed by atoms with Crippen molar-refractivity contribution >= 4 is 11.9 Å². The first-order chi connectivity index (χ1) is 16.7. The summed E-state index contributed by atoms with van der Waals surface area (Å²) in [4.78, 5) is 25.6. The number of allylic oxidation sites excluding steroid dienone is 3. The number of rotatable bonds is 3. The molecule has 0 aromatic carbocycles. The Balaban J connectivity index is 1.11. The van der Waals surface area contributed by atoms with Crippen LogP contribution in [0.2, 0.25) is 0 Å². The van der Waals surface area contributed by atoms with Crippen LogP contribution in [-0.4, -0.2) is 22.5 Å². The third-order valence-corrected chi connectivity index (χ3v) is 12.8. The zero-order valence-corrected chi connectivity index (χ0v) is 21.7. The molecule has 4 bridgehead atoms. The lowest BCUT2D eigenvalue weighted by Gasteiger charge is -2.58. The average molecular weight is 478 g/mol. The Morgan fingerprint density at radius 2 is 1.63 bits per heavy atom. The molecule has 6 atom stereocenters. The van der Waals surface area contributed by atoms with E-state index in [9.17, 15) is 14.7 Å². The minimum absolute atomic E-state index is 0.0999. The van der Waals surface area contributed by atoms with Crippen LogP contribution >= 0.6 is 0 Å². The van der Waals surface area contributed by atoms with Crippen molar-refractivity contribution in [3.05, 3.63) is 23.3 Å². The minimum Gasteiger partial charge on any atom is -0.478 e. The Morgan fingerprint density at radius 3 is 2.29 bits per heavy atom. The van der Waals surface area contributed by atoms with E-state index in [1.54, 1.807) is 0 Å². The third kappa shape index (κ3) is 3.23. The van der Waals surface area contributed by atoms with Crippen molar-refractivity contribution in [3.8, 4) is 0 Å². The molecule has 0 spiro atoms. The van der Waals surface area contributed by atoms with Crippen LogP contribution in [0.3, 0.4) is 0 Å². The number of carbonyl (C=O) groups excluding carboxylic acids is 1. The predicted octanol–water partition coefficient (Wildman–Crippen LogP) is 6.27. The first kappa shape index (κ1) is 22.6. The van der Waals surface area contributed by atoms with E-state index in [4.69, 9.17) is 0 Å². The Bertz CT molecular complexity index is 989. The Hall–Kier alpha value is -1.58. The number of carboxylic acid groups (broad SMARTS) is 1. The van der Waals surface area contributed by atoms with Gasteiger partial charge >= 0.3 is 5.97 Å². The standard InChI is InChI=1S/C31H43NO3/c1-29-9-7-21(28(34)35)14-22(29)3-4-23-24-5-6-26(30(24,2)10-8-25(23)29)27(33)32-31-15-18-11-19(16-31)13-20(12-18)17-31/h3,14,18-20,23-26H,4-13,15-17H2,1-2H3,(H,32,33)(H,34,35)/t18?,19?,20?,23-,24-,25-,26+,29-,30-,31?/m0/s1. The van der Waals surface area contributed by atoms with Crippen molar-refractivity contribution in [2.75, 3.05) is 0 Å². The molecule has 4 nitrogen and oxygen atoms in total. The van der Waals surface area contributed by atoms with Gasteiger partial charge in [0, 0.05) is 17.0 Å². The first-order valence-electron chi connectivity index (χ1n) is 14.7. The second kappa shape index (κ2) is 7.48. The SMILES string of the molecule is C[C@]12CC[C@H]3[C@@H](CC=C4C=C(C(=O)O)CC[C@@]43C)[C@@H]1CC[C@@H]2C(=O)NC12CC3CC(CC(C3)C1)C2. The maximum absolute atomic E-state index is 14.0. The average Bonchev–Trinajstić information content (AvgIpc) is 3.14. The molecular weight excluding hydrogens is 434 g/mol. The Kier molecular flexibility index (Phi) is 4.83. The van der Waals surface area contributed by atoms with Crippen molar-refractivity contribution in [2.45, 2.75) is 103 Å². The molecule has 0 heterocycles. The molecule has 0 radical (unpaired) electrons. The molecule has 8 rings (SSSR count). The van der Waals surface area contributed by atoms with Gasteiger partial charge < -0.3 is 10.4 Å². The van der Waals surface area contributed by atoms with Crippen molar-refractivity contribution < 1.29 is 14.7 Å². The van der Waals surface area contributed by atoms with Crippen LogP contribution < -0.4 is 5.32 Å². The first-order valence-corrected chi connectivity index (χ1v) is 14.7. The van der Waals surface area contributed by atoms with Crippen molar-refractivity contribution in [3.63, 3.8) is 0 Å². The summed E-state index contributed by atoms with van der Waals surface area (Å²) < 4.78 is 0. The molecule has 35 heavy (non-hydrogen) atoms. The highest BCUT2D eigenvalue weighted by Crippen LogP contribution is 2.66. The van der Waals surface area contributed by atoms with Crippen LogP contribution in [0.1, 0.15) is 97.3 Å². The molecule has 6 fully saturated rings. The number of hydrogen-bond donors (Lipinski definition) is 2. The van der Waals surface area contributed by atoms with Gasteiger partial charge in [0.2, 0.25) is 5.91 Å². The highest BCUT2D eigenvalue weighted by atomic mass is 16.4. The molecule has 2 N–H and O–H groups in total. The topological polar surface area (TPSA) is 66.4 Å². The van der Waals surface area contributed by atoms with Gasteiger partial charge in [0.15, 0.2) is 0 Å². The van der Waals surface area contributed by atoms with E-state index in [1.807, 2.05) is 6.08 Å². The molecule has 1 amide bonds. The van der Waals surface area contributed by atoms with E-state index >= 15 is 0 Å². The van der Waals surface area contributed by atoms with Crippen molar-refractivity contribution in [1.82, 2.24) is 5.32 Å². The van der Waals surface area contributed by atoms with Gasteiger partial charge in [-0.3, -0.25) is 4.79 Å². The molecule has 8 aliphatic rings. The maximum Gasteiger partial charge on any atom is 0.331 e. The van der Waals surface area contributed by atoms with Gasteiger partial charge in [-0.2, -0.15) is 0 Å². The van der Waals surface area contributed by atoms with Crippen LogP contribution in [0.15, 0.2) is 23.3 Å². The van der Waals surface area contributed by atoms with Crippen molar-refractivity contribution in [1.29, 1.82) is 0 Å². The van der Waals surface area contributed by atoms with Crippen LogP contribution in [0, 0.1) is 52.3 Å². The van der Waals surface area contributed by atoms with Crippen molar-refractivity contribution in [2.24, 2.45) is 52.3 Å². The van der Waals surface area contributed by atoms with Gasteiger partial charge in [-0.05, 0) is 141 Å². The normalized spacial score (nSPS) is 51.5. The van der Waals surface area contributed by atoms with Gasteiger partial charge in [0.05, 0.1) is 0 Å². The van der Waals surface area contributed by atoms with Gasteiger partial charge in [0.1, 0.15) is 0 Å². The molecule has 0 unspecified atom stereocenters. The summed E-state index contributed by atoms with van der Waals surface area (Å²) in [5.41, 5.74) is 2.19. The number of carbonyl (C=O) groups is 2. The van der Waals surface area contributed by atoms with E-state index in [0.29, 0.717) is 35.7 Å². The molecule has 6 saturated carbocycles. The summed E-state index contributed by atoms with van der Waals surface area (Å²) in [7, 11) is 0. The van der Waals surface area contributed by atoms with Gasteiger partial charge in [0.25, 0.3) is 0 Å². The highest BCUT2D eigenvalue weighted by molar-refractivity contribution is 5.87. The molecule has 0 aromatic heterocycles. The van der Waals surface area contributed by atoms with Crippen LogP contribution in [-0.2, 0) is 9.59 Å². The molecule has 8 aliphatic carbocycles. The summed E-state index contributed by atoms with van der Waals surface area (Å²) in [5, 5.41) is 13.3. The molecule has 190 valence electrons. The monoisotopic (exact) mass is 477 g/mol. The van der Waals surface area contributed by atoms with E-state index in [2.05, 4.69) is 25.2 Å². The number of carboxylic acids is 1. The van der Waals surface area contributed by atoms with Gasteiger partial charge in [-0.1, -0.05) is 19.9 Å². The number of nitrogens with one attached hydrogen (secondary N) is 1. The fourth-order valence-corrected chi connectivity index (χ4v) is 11.5. The number of amides is 1. The van der Waals surface area contributed by atoms with Crippen LogP contribution in [0.5, 0.6) is 0 Å². The fourth-order valence-electron chi connectivity index (χ4n) is 11.5. The molecule has 0 aromatic rings. The maximum atomic E-state index is 14.0. The Morgan fingerprint density at radius 1 is 0.943 bits per heavy atom. The smallest absolute Gasteiger partial charge is 0.331 e. The molecular formula is C31H43NO3. The van der Waals surface area contributed by atoms with E-state index < -0.39 is 5.97 Å². The minimum atomic E-state index is -0.755. The lowest BCUT2D eigenvalue weighted by atomic mass is 9.48. The molecule has 4 heteroatoms. The second-order valence-electron chi connectivity index (χ2n) is 14.5. The molecule has 0 aliphatic heterocycles. The van der Waals surface area contributed by atoms with E-state index in [0.717, 1.165) is 43.4 Å². The number of hydrogen-bond acceptors (Lipinski definition) is 2. The fraction of sp³-hybridized carbons (Fsp3) is 0.806. The van der Waals surface area contributed by atoms with Crippen LogP contribution in [0.4, 0.5) is 0 Å². The lowest BCUT2D eigenvalue weighted by Crippen LogP contribution is -2.61. The zero-order chi connectivity index (χ0) is 24.2. The number of fused-ring (bicyclic) bond motifs is 5. The molecule has 0 saturated heterocycles. The summed E-state index contributed by atoms with van der Waals surface area (Å²) in [6, 6.07) is 0. The van der Waals surface area contributed by atoms with E-state index in [-0.39, 0.29) is 22.3 Å². The van der Waals surface area contributed by atoms with E-state index in [1.165, 1.54) is 56.9 Å². The summed E-state index contributed by atoms with van der Waals surface area (Å²) in [5.74, 6) is 4.27. The Labute approximate surface area is 210 Å². The zero-order valence-electron chi connectivity index (χ0n) is 21.7. The largest absolute Gasteiger partial charge is 0.478 e. The quantitative estimate of drug-likeness (QED) is 0.503. The third-order valence-electron chi connectivity index (χ3n) is 12.8. The van der Waals surface area contributed by atoms with Gasteiger partial charge in [-0.15, -0.1) is 0 Å². The summed E-state index contributed by atoms with van der Waals surface area (Å²) in [6.45, 7) is 4.86. The van der Waals surface area contributed by atoms with Crippen LogP contribution in [0.25, 0.3) is 0 Å². The lowest BCUT2D eigenvalue weighted by molar-refractivity contribution is -0.137.